The zero-order valence-corrected chi connectivity index (χ0v) is 20.4. The van der Waals surface area contributed by atoms with Crippen molar-refractivity contribution >= 4 is 5.84 Å². The average molecular weight is 474 g/mol. The van der Waals surface area contributed by atoms with Gasteiger partial charge in [-0.05, 0) is 22.3 Å². The first-order valence-corrected chi connectivity index (χ1v) is 12.7. The summed E-state index contributed by atoms with van der Waals surface area (Å²) in [6, 6.07) is 38.1. The Balaban J connectivity index is 1.25. The lowest BCUT2D eigenvalue weighted by atomic mass is 9.86. The van der Waals surface area contributed by atoms with Crippen molar-refractivity contribution in [3.05, 3.63) is 143 Å². The summed E-state index contributed by atoms with van der Waals surface area (Å²) in [6.45, 7) is 4.06. The summed E-state index contributed by atoms with van der Waals surface area (Å²) in [5.41, 5.74) is 6.00. The third-order valence-electron chi connectivity index (χ3n) is 7.30. The Labute approximate surface area is 213 Å². The summed E-state index contributed by atoms with van der Waals surface area (Å²) in [7, 11) is 0. The number of benzene rings is 4. The number of fused-ring (bicyclic) bond motifs is 3. The Morgan fingerprint density at radius 2 is 1.25 bits per heavy atom. The van der Waals surface area contributed by atoms with Gasteiger partial charge in [-0.15, -0.1) is 0 Å². The summed E-state index contributed by atoms with van der Waals surface area (Å²) in [6.07, 6.45) is 0.565. The van der Waals surface area contributed by atoms with Crippen LogP contribution < -0.4 is 0 Å². The quantitative estimate of drug-likeness (QED) is 0.393. The van der Waals surface area contributed by atoms with Crippen LogP contribution in [0.4, 0.5) is 0 Å². The van der Waals surface area contributed by atoms with Crippen LogP contribution in [0.3, 0.4) is 0 Å². The van der Waals surface area contributed by atoms with Crippen molar-refractivity contribution < 1.29 is 5.11 Å². The molecule has 2 aliphatic rings. The lowest BCUT2D eigenvalue weighted by molar-refractivity contribution is -0.0745. The molecule has 1 N–H and O–H groups in total. The zero-order valence-electron chi connectivity index (χ0n) is 20.4. The topological polar surface area (TPSA) is 39.1 Å². The highest BCUT2D eigenvalue weighted by molar-refractivity contribution is 6.02. The van der Waals surface area contributed by atoms with E-state index in [1.54, 1.807) is 0 Å². The minimum absolute atomic E-state index is 0.565. The van der Waals surface area contributed by atoms with Gasteiger partial charge in [-0.3, -0.25) is 9.89 Å². The van der Waals surface area contributed by atoms with Gasteiger partial charge in [0.25, 0.3) is 0 Å². The molecule has 36 heavy (non-hydrogen) atoms. The van der Waals surface area contributed by atoms with Crippen molar-refractivity contribution in [2.45, 2.75) is 31.8 Å². The predicted octanol–water partition coefficient (Wildman–Crippen LogP) is 5.35. The second-order valence-electron chi connectivity index (χ2n) is 9.82. The molecule has 0 aliphatic carbocycles. The van der Waals surface area contributed by atoms with Gasteiger partial charge in [-0.1, -0.05) is 109 Å². The van der Waals surface area contributed by atoms with Gasteiger partial charge in [0.1, 0.15) is 5.84 Å². The van der Waals surface area contributed by atoms with Crippen LogP contribution in [-0.2, 0) is 31.8 Å². The smallest absolute Gasteiger partial charge is 0.169 e. The van der Waals surface area contributed by atoms with E-state index < -0.39 is 5.72 Å². The molecular weight excluding hydrogens is 442 g/mol. The van der Waals surface area contributed by atoms with E-state index in [1.165, 1.54) is 16.7 Å². The Morgan fingerprint density at radius 3 is 1.89 bits per heavy atom. The standard InChI is InChI=1S/C32H31N3O/c36-32(21-28-13-7-8-14-30(28)31-33-19-20-35(31)32)29-17-15-27(16-18-29)24-34(22-25-9-3-1-4-10-25)23-26-11-5-2-6-12-26/h1-18,36H,19-24H2. The molecule has 6 rings (SSSR count). The SMILES string of the molecule is OC1(c2ccc(CN(Cc3ccccc3)Cc3ccccc3)cc2)Cc2ccccc2C2=NCCN21. The molecule has 4 nitrogen and oxygen atoms in total. The molecule has 1 atom stereocenters. The molecule has 0 aromatic heterocycles. The first-order valence-electron chi connectivity index (χ1n) is 12.7. The number of aliphatic hydroxyl groups is 1. The van der Waals surface area contributed by atoms with E-state index in [4.69, 9.17) is 4.99 Å². The molecule has 0 saturated carbocycles. The molecule has 2 aliphatic heterocycles. The van der Waals surface area contributed by atoms with Crippen molar-refractivity contribution in [3.63, 3.8) is 0 Å². The van der Waals surface area contributed by atoms with Crippen LogP contribution in [0.15, 0.2) is 114 Å². The van der Waals surface area contributed by atoms with Crippen LogP contribution in [0.2, 0.25) is 0 Å². The van der Waals surface area contributed by atoms with Crippen molar-refractivity contribution in [3.8, 4) is 0 Å². The minimum atomic E-state index is -1.07. The molecule has 4 heteroatoms. The van der Waals surface area contributed by atoms with Gasteiger partial charge in [0.15, 0.2) is 5.72 Å². The monoisotopic (exact) mass is 473 g/mol. The summed E-state index contributed by atoms with van der Waals surface area (Å²) in [5.74, 6) is 0.917. The minimum Gasteiger partial charge on any atom is -0.366 e. The first-order chi connectivity index (χ1) is 17.7. The van der Waals surface area contributed by atoms with Crippen molar-refractivity contribution in [1.29, 1.82) is 0 Å². The molecule has 2 heterocycles. The molecule has 0 fully saturated rings. The van der Waals surface area contributed by atoms with E-state index >= 15 is 0 Å². The largest absolute Gasteiger partial charge is 0.366 e. The molecule has 0 amide bonds. The van der Waals surface area contributed by atoms with Gasteiger partial charge >= 0.3 is 0 Å². The fraction of sp³-hybridized carbons (Fsp3) is 0.219. The second-order valence-corrected chi connectivity index (χ2v) is 9.82. The number of aliphatic imine (C=N–C) groups is 1. The van der Waals surface area contributed by atoms with Gasteiger partial charge in [-0.25, -0.2) is 0 Å². The van der Waals surface area contributed by atoms with E-state index in [1.807, 2.05) is 12.1 Å². The Kier molecular flexibility index (Phi) is 6.14. The van der Waals surface area contributed by atoms with Gasteiger partial charge < -0.3 is 10.0 Å². The number of hydrogen-bond acceptors (Lipinski definition) is 4. The Hall–Kier alpha value is -3.73. The van der Waals surface area contributed by atoms with Crippen LogP contribution >= 0.6 is 0 Å². The van der Waals surface area contributed by atoms with E-state index in [9.17, 15) is 5.11 Å². The summed E-state index contributed by atoms with van der Waals surface area (Å²) < 4.78 is 0. The number of hydrogen-bond donors (Lipinski definition) is 1. The maximum atomic E-state index is 12.0. The molecule has 4 aromatic rings. The highest BCUT2D eigenvalue weighted by atomic mass is 16.3. The van der Waals surface area contributed by atoms with Gasteiger partial charge in [0.05, 0.1) is 6.54 Å². The highest BCUT2D eigenvalue weighted by Crippen LogP contribution is 2.38. The fourth-order valence-corrected chi connectivity index (χ4v) is 5.54. The molecular formula is C32H31N3O. The number of nitrogens with zero attached hydrogens (tertiary/aromatic N) is 3. The normalized spacial score (nSPS) is 18.6. The number of rotatable bonds is 7. The molecule has 0 saturated heterocycles. The average Bonchev–Trinajstić information content (AvgIpc) is 3.42. The molecule has 0 radical (unpaired) electrons. The third kappa shape index (κ3) is 4.46. The fourth-order valence-electron chi connectivity index (χ4n) is 5.54. The van der Waals surface area contributed by atoms with Crippen LogP contribution in [0, 0.1) is 0 Å². The molecule has 0 spiro atoms. The van der Waals surface area contributed by atoms with Crippen LogP contribution in [0.1, 0.15) is 33.4 Å². The molecule has 180 valence electrons. The van der Waals surface area contributed by atoms with Crippen molar-refractivity contribution in [2.24, 2.45) is 4.99 Å². The van der Waals surface area contributed by atoms with Crippen LogP contribution in [0.5, 0.6) is 0 Å². The maximum absolute atomic E-state index is 12.0. The van der Waals surface area contributed by atoms with E-state index in [-0.39, 0.29) is 0 Å². The maximum Gasteiger partial charge on any atom is 0.169 e. The zero-order chi connectivity index (χ0) is 24.4. The third-order valence-corrected chi connectivity index (χ3v) is 7.30. The molecule has 0 bridgehead atoms. The lowest BCUT2D eigenvalue weighted by Crippen LogP contribution is -2.53. The Bertz CT molecular complexity index is 1310. The van der Waals surface area contributed by atoms with E-state index in [0.29, 0.717) is 6.42 Å². The lowest BCUT2D eigenvalue weighted by Gasteiger charge is -2.43. The second kappa shape index (κ2) is 9.73. The molecule has 1 unspecified atom stereocenters. The van der Waals surface area contributed by atoms with Crippen LogP contribution in [-0.4, -0.2) is 33.8 Å². The van der Waals surface area contributed by atoms with Gasteiger partial charge in [-0.2, -0.15) is 0 Å². The van der Waals surface area contributed by atoms with E-state index in [2.05, 4.69) is 107 Å². The van der Waals surface area contributed by atoms with Crippen molar-refractivity contribution in [2.75, 3.05) is 13.1 Å². The van der Waals surface area contributed by atoms with Gasteiger partial charge in [0.2, 0.25) is 0 Å². The van der Waals surface area contributed by atoms with Gasteiger partial charge in [0, 0.05) is 43.7 Å². The summed E-state index contributed by atoms with van der Waals surface area (Å²) in [5, 5.41) is 12.0. The number of amidine groups is 1. The summed E-state index contributed by atoms with van der Waals surface area (Å²) in [4.78, 5) is 9.29. The predicted molar refractivity (Wildman–Crippen MR) is 144 cm³/mol. The first kappa shape index (κ1) is 22.7. The highest BCUT2D eigenvalue weighted by Gasteiger charge is 2.44. The molecule has 4 aromatic carbocycles. The summed E-state index contributed by atoms with van der Waals surface area (Å²) >= 11 is 0. The Morgan fingerprint density at radius 1 is 0.694 bits per heavy atom. The van der Waals surface area contributed by atoms with Crippen LogP contribution in [0.25, 0.3) is 0 Å². The van der Waals surface area contributed by atoms with E-state index in [0.717, 1.165) is 55.2 Å². The van der Waals surface area contributed by atoms with Crippen molar-refractivity contribution in [1.82, 2.24) is 9.80 Å².